The van der Waals surface area contributed by atoms with Crippen LogP contribution in [0.5, 0.6) is 0 Å². The van der Waals surface area contributed by atoms with Gasteiger partial charge in [0.2, 0.25) is 10.0 Å². The Morgan fingerprint density at radius 1 is 1.40 bits per heavy atom. The monoisotopic (exact) mass is 315 g/mol. The number of benzene rings is 1. The SMILES string of the molecule is O=C(O)c1ccc(Cl)c(S(=O)(=O)NCc2ccn[nH]2)c1. The summed E-state index contributed by atoms with van der Waals surface area (Å²) < 4.78 is 26.5. The first-order valence-electron chi connectivity index (χ1n) is 5.41. The van der Waals surface area contributed by atoms with Crippen LogP contribution in [0.4, 0.5) is 0 Å². The van der Waals surface area contributed by atoms with E-state index < -0.39 is 16.0 Å². The lowest BCUT2D eigenvalue weighted by atomic mass is 10.2. The summed E-state index contributed by atoms with van der Waals surface area (Å²) in [6, 6.07) is 5.09. The molecule has 1 heterocycles. The molecule has 0 radical (unpaired) electrons. The van der Waals surface area contributed by atoms with Gasteiger partial charge < -0.3 is 5.11 Å². The van der Waals surface area contributed by atoms with Crippen molar-refractivity contribution < 1.29 is 18.3 Å². The molecule has 106 valence electrons. The molecule has 2 rings (SSSR count). The Balaban J connectivity index is 2.28. The lowest BCUT2D eigenvalue weighted by Crippen LogP contribution is -2.24. The molecule has 0 saturated heterocycles. The van der Waals surface area contributed by atoms with Crippen molar-refractivity contribution in [1.29, 1.82) is 0 Å². The van der Waals surface area contributed by atoms with E-state index in [2.05, 4.69) is 14.9 Å². The predicted molar refractivity (Wildman–Crippen MR) is 71.0 cm³/mol. The third-order valence-corrected chi connectivity index (χ3v) is 4.36. The van der Waals surface area contributed by atoms with Crippen molar-refractivity contribution >= 4 is 27.6 Å². The number of aromatic carboxylic acids is 1. The molecule has 1 aromatic heterocycles. The molecule has 0 bridgehead atoms. The van der Waals surface area contributed by atoms with Crippen LogP contribution in [-0.2, 0) is 16.6 Å². The quantitative estimate of drug-likeness (QED) is 0.768. The predicted octanol–water partition coefficient (Wildman–Crippen LogP) is 1.24. The highest BCUT2D eigenvalue weighted by Crippen LogP contribution is 2.22. The maximum atomic E-state index is 12.1. The highest BCUT2D eigenvalue weighted by atomic mass is 35.5. The van der Waals surface area contributed by atoms with Crippen molar-refractivity contribution in [2.45, 2.75) is 11.4 Å². The van der Waals surface area contributed by atoms with Crippen molar-refractivity contribution in [2.75, 3.05) is 0 Å². The summed E-state index contributed by atoms with van der Waals surface area (Å²) in [7, 11) is -3.92. The molecule has 1 aromatic carbocycles. The number of aromatic amines is 1. The van der Waals surface area contributed by atoms with Crippen LogP contribution in [0.3, 0.4) is 0 Å². The fourth-order valence-corrected chi connectivity index (χ4v) is 3.01. The van der Waals surface area contributed by atoms with E-state index in [4.69, 9.17) is 16.7 Å². The van der Waals surface area contributed by atoms with Crippen LogP contribution in [0.1, 0.15) is 16.1 Å². The molecule has 0 fully saturated rings. The van der Waals surface area contributed by atoms with Crippen molar-refractivity contribution in [1.82, 2.24) is 14.9 Å². The summed E-state index contributed by atoms with van der Waals surface area (Å²) >= 11 is 5.81. The second-order valence-corrected chi connectivity index (χ2v) is 6.00. The van der Waals surface area contributed by atoms with E-state index in [1.807, 2.05) is 0 Å². The van der Waals surface area contributed by atoms with Crippen molar-refractivity contribution in [3.8, 4) is 0 Å². The van der Waals surface area contributed by atoms with E-state index >= 15 is 0 Å². The lowest BCUT2D eigenvalue weighted by molar-refractivity contribution is 0.0696. The van der Waals surface area contributed by atoms with Gasteiger partial charge in [0.05, 0.1) is 22.8 Å². The second kappa shape index (κ2) is 5.61. The fourth-order valence-electron chi connectivity index (χ4n) is 1.48. The number of H-pyrrole nitrogens is 1. The van der Waals surface area contributed by atoms with Gasteiger partial charge in [-0.15, -0.1) is 0 Å². The van der Waals surface area contributed by atoms with Gasteiger partial charge in [-0.1, -0.05) is 11.6 Å². The van der Waals surface area contributed by atoms with Crippen molar-refractivity contribution in [2.24, 2.45) is 0 Å². The van der Waals surface area contributed by atoms with E-state index in [9.17, 15) is 13.2 Å². The van der Waals surface area contributed by atoms with Crippen LogP contribution in [0.25, 0.3) is 0 Å². The van der Waals surface area contributed by atoms with Crippen LogP contribution in [0.15, 0.2) is 35.4 Å². The number of sulfonamides is 1. The van der Waals surface area contributed by atoms with Crippen LogP contribution in [0, 0.1) is 0 Å². The standard InChI is InChI=1S/C11H10ClN3O4S/c12-9-2-1-7(11(16)17)5-10(9)20(18,19)14-6-8-3-4-13-15-8/h1-5,14H,6H2,(H,13,15)(H,16,17). The molecule has 0 aliphatic carbocycles. The maximum Gasteiger partial charge on any atom is 0.335 e. The summed E-state index contributed by atoms with van der Waals surface area (Å²) in [5.41, 5.74) is 0.412. The number of aromatic nitrogens is 2. The molecule has 2 aromatic rings. The molecular formula is C11H10ClN3O4S. The average Bonchev–Trinajstić information content (AvgIpc) is 2.89. The highest BCUT2D eigenvalue weighted by Gasteiger charge is 2.20. The highest BCUT2D eigenvalue weighted by molar-refractivity contribution is 7.89. The topological polar surface area (TPSA) is 112 Å². The summed E-state index contributed by atoms with van der Waals surface area (Å²) in [5.74, 6) is -1.23. The second-order valence-electron chi connectivity index (χ2n) is 3.86. The summed E-state index contributed by atoms with van der Waals surface area (Å²) in [4.78, 5) is 10.6. The fraction of sp³-hybridized carbons (Fsp3) is 0.0909. The van der Waals surface area contributed by atoms with E-state index in [1.165, 1.54) is 18.3 Å². The summed E-state index contributed by atoms with van der Waals surface area (Å²) in [5, 5.41) is 15.1. The number of hydrogen-bond donors (Lipinski definition) is 3. The lowest BCUT2D eigenvalue weighted by Gasteiger charge is -2.08. The minimum absolute atomic E-state index is 0.00401. The Labute approximate surface area is 119 Å². The first kappa shape index (κ1) is 14.5. The molecule has 0 aliphatic rings. The Kier molecular flexibility index (Phi) is 4.07. The summed E-state index contributed by atoms with van der Waals surface area (Å²) in [6.45, 7) is -0.00401. The van der Waals surface area contributed by atoms with Crippen LogP contribution in [0.2, 0.25) is 5.02 Å². The Bertz CT molecular complexity index is 728. The van der Waals surface area contributed by atoms with Gasteiger partial charge >= 0.3 is 5.97 Å². The number of hydrogen-bond acceptors (Lipinski definition) is 4. The zero-order chi connectivity index (χ0) is 14.8. The largest absolute Gasteiger partial charge is 0.478 e. The number of carbonyl (C=O) groups is 1. The van der Waals surface area contributed by atoms with E-state index in [0.717, 1.165) is 6.07 Å². The number of nitrogens with zero attached hydrogens (tertiary/aromatic N) is 1. The minimum atomic E-state index is -3.92. The van der Waals surface area contributed by atoms with Gasteiger partial charge in [0.25, 0.3) is 0 Å². The van der Waals surface area contributed by atoms with E-state index in [1.54, 1.807) is 6.07 Å². The third kappa shape index (κ3) is 3.16. The average molecular weight is 316 g/mol. The van der Waals surface area contributed by atoms with Gasteiger partial charge in [0.15, 0.2) is 0 Å². The van der Waals surface area contributed by atoms with Gasteiger partial charge in [0, 0.05) is 6.20 Å². The number of carboxylic acids is 1. The maximum absolute atomic E-state index is 12.1. The number of carboxylic acid groups (broad SMARTS) is 1. The summed E-state index contributed by atoms with van der Waals surface area (Å²) in [6.07, 6.45) is 1.49. The third-order valence-electron chi connectivity index (χ3n) is 2.48. The van der Waals surface area contributed by atoms with Crippen molar-refractivity contribution in [3.63, 3.8) is 0 Å². The molecule has 0 unspecified atom stereocenters. The van der Waals surface area contributed by atoms with Crippen LogP contribution >= 0.6 is 11.6 Å². The van der Waals surface area contributed by atoms with Gasteiger partial charge in [0.1, 0.15) is 4.90 Å². The minimum Gasteiger partial charge on any atom is -0.478 e. The van der Waals surface area contributed by atoms with Gasteiger partial charge in [-0.05, 0) is 24.3 Å². The van der Waals surface area contributed by atoms with Gasteiger partial charge in [-0.3, -0.25) is 5.10 Å². The smallest absolute Gasteiger partial charge is 0.335 e. The molecule has 0 amide bonds. The first-order valence-corrected chi connectivity index (χ1v) is 7.27. The molecular weight excluding hydrogens is 306 g/mol. The zero-order valence-electron chi connectivity index (χ0n) is 10.00. The molecule has 0 spiro atoms. The molecule has 3 N–H and O–H groups in total. The number of rotatable bonds is 5. The first-order chi connectivity index (χ1) is 9.40. The zero-order valence-corrected chi connectivity index (χ0v) is 11.6. The normalized spacial score (nSPS) is 11.4. The van der Waals surface area contributed by atoms with E-state index in [-0.39, 0.29) is 22.0 Å². The Hall–Kier alpha value is -1.90. The van der Waals surface area contributed by atoms with E-state index in [0.29, 0.717) is 5.69 Å². The van der Waals surface area contributed by atoms with Gasteiger partial charge in [-0.2, -0.15) is 5.10 Å². The molecule has 0 saturated carbocycles. The molecule has 7 nitrogen and oxygen atoms in total. The van der Waals surface area contributed by atoms with Crippen LogP contribution < -0.4 is 4.72 Å². The Morgan fingerprint density at radius 2 is 2.15 bits per heavy atom. The molecule has 0 atom stereocenters. The Morgan fingerprint density at radius 3 is 2.75 bits per heavy atom. The molecule has 20 heavy (non-hydrogen) atoms. The van der Waals surface area contributed by atoms with Gasteiger partial charge in [-0.25, -0.2) is 17.9 Å². The molecule has 9 heteroatoms. The number of halogens is 1. The van der Waals surface area contributed by atoms with Crippen molar-refractivity contribution in [3.05, 3.63) is 46.7 Å². The molecule has 0 aliphatic heterocycles. The van der Waals surface area contributed by atoms with Crippen LogP contribution in [-0.4, -0.2) is 29.7 Å². The number of nitrogens with one attached hydrogen (secondary N) is 2.